The quantitative estimate of drug-likeness (QED) is 0.506. The van der Waals surface area contributed by atoms with Gasteiger partial charge in [0.25, 0.3) is 5.91 Å². The zero-order chi connectivity index (χ0) is 25.4. The summed E-state index contributed by atoms with van der Waals surface area (Å²) in [5, 5.41) is 10.6. The molecule has 9 heteroatoms. The standard InChI is InChI=1S/C27H32F2N6O/c1-16(2)34-7-6-25(24(29)15-34)32-21-9-18(11-30-13-21)19-12-31-35(14-19)26-10-22(23(28)8-17(26)3)27(36)33-20-4-5-20/h8-14,16,20,24-25,32H,4-7,15H2,1-3H3,(H,33,36)/t24-,25+/m1/s1. The number of alkyl halides is 1. The highest BCUT2D eigenvalue weighted by Crippen LogP contribution is 2.27. The molecule has 1 saturated carbocycles. The number of amides is 1. The van der Waals surface area contributed by atoms with Crippen molar-refractivity contribution >= 4 is 11.6 Å². The Kier molecular flexibility index (Phi) is 6.75. The first-order chi connectivity index (χ1) is 17.3. The van der Waals surface area contributed by atoms with Gasteiger partial charge in [-0.05, 0) is 63.8 Å². The molecule has 0 bridgehead atoms. The van der Waals surface area contributed by atoms with Crippen LogP contribution in [0.4, 0.5) is 14.5 Å². The number of nitrogens with one attached hydrogen (secondary N) is 2. The first-order valence-corrected chi connectivity index (χ1v) is 12.5. The summed E-state index contributed by atoms with van der Waals surface area (Å²) < 4.78 is 31.0. The van der Waals surface area contributed by atoms with Crippen molar-refractivity contribution in [1.82, 2.24) is 25.0 Å². The SMILES string of the molecule is Cc1cc(F)c(C(=O)NC2CC2)cc1-n1cc(-c2cncc(N[C@H]3CCN(C(C)C)C[C@H]3F)c2)cn1. The van der Waals surface area contributed by atoms with E-state index in [1.807, 2.05) is 12.3 Å². The van der Waals surface area contributed by atoms with E-state index in [1.165, 1.54) is 6.07 Å². The van der Waals surface area contributed by atoms with Crippen molar-refractivity contribution in [3.8, 4) is 16.8 Å². The molecule has 0 unspecified atom stereocenters. The molecule has 2 N–H and O–H groups in total. The summed E-state index contributed by atoms with van der Waals surface area (Å²) in [6.45, 7) is 7.24. The Balaban J connectivity index is 1.33. The number of pyridine rings is 1. The van der Waals surface area contributed by atoms with E-state index in [4.69, 9.17) is 0 Å². The second kappa shape index (κ2) is 9.97. The third kappa shape index (κ3) is 5.26. The lowest BCUT2D eigenvalue weighted by molar-refractivity contribution is 0.0947. The van der Waals surface area contributed by atoms with E-state index in [2.05, 4.69) is 39.5 Å². The van der Waals surface area contributed by atoms with E-state index >= 15 is 0 Å². The predicted octanol–water partition coefficient (Wildman–Crippen LogP) is 4.51. The van der Waals surface area contributed by atoms with Gasteiger partial charge >= 0.3 is 0 Å². The van der Waals surface area contributed by atoms with E-state index in [-0.39, 0.29) is 17.6 Å². The fraction of sp³-hybridized carbons (Fsp3) is 0.444. The molecule has 36 heavy (non-hydrogen) atoms. The van der Waals surface area contributed by atoms with Crippen LogP contribution in [-0.4, -0.2) is 63.0 Å². The molecule has 0 spiro atoms. The molecule has 1 amide bonds. The third-order valence-corrected chi connectivity index (χ3v) is 7.00. The summed E-state index contributed by atoms with van der Waals surface area (Å²) in [4.78, 5) is 19.0. The van der Waals surface area contributed by atoms with Crippen molar-refractivity contribution < 1.29 is 13.6 Å². The molecule has 2 fully saturated rings. The van der Waals surface area contributed by atoms with E-state index in [0.717, 1.165) is 42.6 Å². The molecular weight excluding hydrogens is 462 g/mol. The molecular formula is C27H32F2N6O. The highest BCUT2D eigenvalue weighted by molar-refractivity contribution is 5.95. The number of carbonyl (C=O) groups is 1. The Morgan fingerprint density at radius 2 is 1.92 bits per heavy atom. The van der Waals surface area contributed by atoms with Crippen LogP contribution in [0.2, 0.25) is 0 Å². The number of hydrogen-bond donors (Lipinski definition) is 2. The van der Waals surface area contributed by atoms with Crippen LogP contribution in [0, 0.1) is 12.7 Å². The minimum absolute atomic E-state index is 0.0108. The molecule has 1 aliphatic carbocycles. The Bertz CT molecular complexity index is 1250. The molecule has 3 heterocycles. The summed E-state index contributed by atoms with van der Waals surface area (Å²) in [6, 6.07) is 5.05. The van der Waals surface area contributed by atoms with E-state index in [9.17, 15) is 13.6 Å². The first kappa shape index (κ1) is 24.4. The number of rotatable bonds is 7. The lowest BCUT2D eigenvalue weighted by Crippen LogP contribution is -2.50. The highest BCUT2D eigenvalue weighted by Gasteiger charge is 2.30. The molecule has 1 aliphatic heterocycles. The first-order valence-electron chi connectivity index (χ1n) is 12.5. The fourth-order valence-electron chi connectivity index (χ4n) is 4.63. The average Bonchev–Trinajstić information content (AvgIpc) is 3.52. The van der Waals surface area contributed by atoms with Crippen LogP contribution in [0.25, 0.3) is 16.8 Å². The second-order valence-corrected chi connectivity index (χ2v) is 10.1. The van der Waals surface area contributed by atoms with Gasteiger partial charge in [-0.3, -0.25) is 14.7 Å². The van der Waals surface area contributed by atoms with Crippen LogP contribution in [-0.2, 0) is 0 Å². The van der Waals surface area contributed by atoms with Crippen LogP contribution < -0.4 is 10.6 Å². The number of aromatic nitrogens is 3. The Morgan fingerprint density at radius 1 is 1.11 bits per heavy atom. The Morgan fingerprint density at radius 3 is 2.64 bits per heavy atom. The van der Waals surface area contributed by atoms with Crippen molar-refractivity contribution in [2.75, 3.05) is 18.4 Å². The Labute approximate surface area is 209 Å². The molecule has 2 atom stereocenters. The van der Waals surface area contributed by atoms with Crippen molar-refractivity contribution in [2.24, 2.45) is 0 Å². The molecule has 7 nitrogen and oxygen atoms in total. The number of nitrogens with zero attached hydrogens (tertiary/aromatic N) is 4. The lowest BCUT2D eigenvalue weighted by atomic mass is 10.0. The van der Waals surface area contributed by atoms with Crippen LogP contribution in [0.3, 0.4) is 0 Å². The highest BCUT2D eigenvalue weighted by atomic mass is 19.1. The molecule has 0 radical (unpaired) electrons. The lowest BCUT2D eigenvalue weighted by Gasteiger charge is -2.37. The molecule has 5 rings (SSSR count). The summed E-state index contributed by atoms with van der Waals surface area (Å²) >= 11 is 0. The van der Waals surface area contributed by atoms with Crippen LogP contribution in [0.1, 0.15) is 49.0 Å². The molecule has 1 aromatic carbocycles. The fourth-order valence-corrected chi connectivity index (χ4v) is 4.63. The average molecular weight is 495 g/mol. The number of anilines is 1. The van der Waals surface area contributed by atoms with E-state index in [0.29, 0.717) is 23.8 Å². The van der Waals surface area contributed by atoms with Gasteiger partial charge in [-0.25, -0.2) is 13.5 Å². The van der Waals surface area contributed by atoms with E-state index < -0.39 is 17.9 Å². The molecule has 3 aromatic rings. The predicted molar refractivity (Wildman–Crippen MR) is 136 cm³/mol. The number of hydrogen-bond acceptors (Lipinski definition) is 5. The van der Waals surface area contributed by atoms with Gasteiger partial charge in [0.15, 0.2) is 0 Å². The van der Waals surface area contributed by atoms with Gasteiger partial charge in [-0.15, -0.1) is 0 Å². The maximum Gasteiger partial charge on any atom is 0.254 e. The number of aryl methyl sites for hydroxylation is 1. The largest absolute Gasteiger partial charge is 0.378 e. The third-order valence-electron chi connectivity index (χ3n) is 7.00. The zero-order valence-corrected chi connectivity index (χ0v) is 20.8. The van der Waals surface area contributed by atoms with Gasteiger partial charge in [0.1, 0.15) is 12.0 Å². The number of piperidine rings is 1. The summed E-state index contributed by atoms with van der Waals surface area (Å²) in [6.07, 6.45) is 8.58. The van der Waals surface area contributed by atoms with Gasteiger partial charge in [0.2, 0.25) is 0 Å². The molecule has 2 aromatic heterocycles. The number of likely N-dealkylation sites (tertiary alicyclic amines) is 1. The molecule has 2 aliphatic rings. The van der Waals surface area contributed by atoms with Gasteiger partial charge in [-0.1, -0.05) is 0 Å². The van der Waals surface area contributed by atoms with Crippen molar-refractivity contribution in [2.45, 2.75) is 64.3 Å². The zero-order valence-electron chi connectivity index (χ0n) is 20.8. The smallest absolute Gasteiger partial charge is 0.254 e. The van der Waals surface area contributed by atoms with Crippen LogP contribution in [0.15, 0.2) is 43.0 Å². The summed E-state index contributed by atoms with van der Waals surface area (Å²) in [5.41, 5.74) is 3.70. The minimum Gasteiger partial charge on any atom is -0.378 e. The van der Waals surface area contributed by atoms with Gasteiger partial charge < -0.3 is 10.6 Å². The minimum atomic E-state index is -0.958. The van der Waals surface area contributed by atoms with Crippen LogP contribution in [0.5, 0.6) is 0 Å². The van der Waals surface area contributed by atoms with Gasteiger partial charge in [0, 0.05) is 54.9 Å². The maximum absolute atomic E-state index is 14.8. The number of benzene rings is 1. The van der Waals surface area contributed by atoms with E-state index in [1.54, 1.807) is 36.3 Å². The molecule has 1 saturated heterocycles. The Hall–Kier alpha value is -3.33. The summed E-state index contributed by atoms with van der Waals surface area (Å²) in [7, 11) is 0. The normalized spacial score (nSPS) is 20.5. The monoisotopic (exact) mass is 494 g/mol. The van der Waals surface area contributed by atoms with Gasteiger partial charge in [-0.2, -0.15) is 5.10 Å². The second-order valence-electron chi connectivity index (χ2n) is 10.1. The number of halogens is 2. The van der Waals surface area contributed by atoms with Crippen LogP contribution >= 0.6 is 0 Å². The summed E-state index contributed by atoms with van der Waals surface area (Å²) in [5.74, 6) is -0.952. The van der Waals surface area contributed by atoms with Crippen molar-refractivity contribution in [3.05, 3.63) is 59.9 Å². The van der Waals surface area contributed by atoms with Crippen molar-refractivity contribution in [3.63, 3.8) is 0 Å². The maximum atomic E-state index is 14.8. The topological polar surface area (TPSA) is 75.1 Å². The van der Waals surface area contributed by atoms with Gasteiger partial charge in [0.05, 0.1) is 29.2 Å². The number of carbonyl (C=O) groups excluding carboxylic acids is 1. The molecule has 190 valence electrons. The van der Waals surface area contributed by atoms with Crippen molar-refractivity contribution in [1.29, 1.82) is 0 Å².